The quantitative estimate of drug-likeness (QED) is 0.910. The van der Waals surface area contributed by atoms with Gasteiger partial charge in [-0.2, -0.15) is 13.9 Å². The summed E-state index contributed by atoms with van der Waals surface area (Å²) in [6.45, 7) is -1.58. The average molecular weight is 277 g/mol. The van der Waals surface area contributed by atoms with Gasteiger partial charge < -0.3 is 9.88 Å². The maximum Gasteiger partial charge on any atom is 0.333 e. The molecule has 4 nitrogen and oxygen atoms in total. The molecule has 0 saturated carbocycles. The summed E-state index contributed by atoms with van der Waals surface area (Å²) in [5.74, 6) is 0. The maximum absolute atomic E-state index is 12.5. The van der Waals surface area contributed by atoms with Crippen molar-refractivity contribution in [1.82, 2.24) is 19.7 Å². The van der Waals surface area contributed by atoms with Crippen LogP contribution in [0.5, 0.6) is 0 Å². The van der Waals surface area contributed by atoms with Crippen molar-refractivity contribution in [2.75, 3.05) is 0 Å². The van der Waals surface area contributed by atoms with Crippen LogP contribution in [0, 0.1) is 0 Å². The van der Waals surface area contributed by atoms with E-state index in [1.807, 2.05) is 29.9 Å². The number of hydrogen-bond acceptors (Lipinski definition) is 2. The van der Waals surface area contributed by atoms with Crippen LogP contribution in [-0.2, 0) is 20.1 Å². The Morgan fingerprint density at radius 3 is 2.61 bits per heavy atom. The highest BCUT2D eigenvalue weighted by Crippen LogP contribution is 2.11. The van der Waals surface area contributed by atoms with Gasteiger partial charge in [-0.05, 0) is 18.2 Å². The van der Waals surface area contributed by atoms with Gasteiger partial charge in [0.05, 0.1) is 5.69 Å². The Morgan fingerprint density at radius 2 is 2.00 bits per heavy atom. The highest BCUT2D eigenvalue weighted by molar-refractivity contribution is 5.85. The van der Waals surface area contributed by atoms with Crippen molar-refractivity contribution < 1.29 is 8.78 Å². The van der Waals surface area contributed by atoms with E-state index in [1.165, 1.54) is 6.20 Å². The smallest absolute Gasteiger partial charge is 0.333 e. The molecule has 2 aromatic rings. The van der Waals surface area contributed by atoms with Gasteiger partial charge in [0, 0.05) is 38.2 Å². The summed E-state index contributed by atoms with van der Waals surface area (Å²) in [6.07, 6.45) is 3.33. The molecule has 100 valence electrons. The lowest BCUT2D eigenvalue weighted by atomic mass is 10.4. The minimum Gasteiger partial charge on any atom is -0.353 e. The number of nitrogens with zero attached hydrogens (tertiary/aromatic N) is 3. The molecular formula is C11H15ClF2N4. The van der Waals surface area contributed by atoms with Gasteiger partial charge in [0.2, 0.25) is 0 Å². The highest BCUT2D eigenvalue weighted by Gasteiger charge is 2.10. The first-order valence-electron chi connectivity index (χ1n) is 5.30. The summed E-state index contributed by atoms with van der Waals surface area (Å²) in [5.41, 5.74) is 1.59. The standard InChI is InChI=1S/C11H14F2N4.ClH/c1-16-6-2-3-9(16)7-14-8-10-4-5-15-17(10)11(12)13;/h2-6,11,14H,7-8H2,1H3;1H. The third-order valence-electron chi connectivity index (χ3n) is 2.60. The van der Waals surface area contributed by atoms with E-state index in [9.17, 15) is 8.78 Å². The molecule has 0 atom stereocenters. The number of halogens is 3. The molecule has 0 aromatic carbocycles. The first-order valence-corrected chi connectivity index (χ1v) is 5.30. The van der Waals surface area contributed by atoms with Crippen molar-refractivity contribution in [3.8, 4) is 0 Å². The molecule has 18 heavy (non-hydrogen) atoms. The number of nitrogens with one attached hydrogen (secondary N) is 1. The Bertz CT molecular complexity index is 481. The summed E-state index contributed by atoms with van der Waals surface area (Å²) in [4.78, 5) is 0. The van der Waals surface area contributed by atoms with Crippen LogP contribution in [0.25, 0.3) is 0 Å². The van der Waals surface area contributed by atoms with Crippen molar-refractivity contribution in [2.24, 2.45) is 7.05 Å². The molecule has 0 aliphatic heterocycles. The summed E-state index contributed by atoms with van der Waals surface area (Å²) in [6, 6.07) is 5.52. The number of aromatic nitrogens is 3. The lowest BCUT2D eigenvalue weighted by Crippen LogP contribution is -2.18. The van der Waals surface area contributed by atoms with Crippen molar-refractivity contribution in [2.45, 2.75) is 19.6 Å². The average Bonchev–Trinajstić information content (AvgIpc) is 2.88. The fourth-order valence-electron chi connectivity index (χ4n) is 1.66. The second-order valence-corrected chi connectivity index (χ2v) is 3.76. The predicted octanol–water partition coefficient (Wildman–Crippen LogP) is 2.33. The van der Waals surface area contributed by atoms with E-state index < -0.39 is 6.55 Å². The first-order chi connectivity index (χ1) is 8.18. The van der Waals surface area contributed by atoms with Crippen LogP contribution in [0.1, 0.15) is 17.9 Å². The van der Waals surface area contributed by atoms with Crippen LogP contribution in [0.15, 0.2) is 30.6 Å². The first kappa shape index (κ1) is 14.7. The molecule has 0 amide bonds. The highest BCUT2D eigenvalue weighted by atomic mass is 35.5. The van der Waals surface area contributed by atoms with Crippen LogP contribution >= 0.6 is 12.4 Å². The Morgan fingerprint density at radius 1 is 1.28 bits per heavy atom. The topological polar surface area (TPSA) is 34.8 Å². The largest absolute Gasteiger partial charge is 0.353 e. The van der Waals surface area contributed by atoms with Crippen LogP contribution < -0.4 is 5.32 Å². The normalized spacial score (nSPS) is 10.7. The molecule has 0 aliphatic carbocycles. The fourth-order valence-corrected chi connectivity index (χ4v) is 1.66. The van der Waals surface area contributed by atoms with Gasteiger partial charge in [-0.3, -0.25) is 0 Å². The molecule has 0 fully saturated rings. The van der Waals surface area contributed by atoms with Crippen molar-refractivity contribution >= 4 is 12.4 Å². The zero-order chi connectivity index (χ0) is 12.3. The minimum absolute atomic E-state index is 0. The zero-order valence-corrected chi connectivity index (χ0v) is 10.7. The third-order valence-corrected chi connectivity index (χ3v) is 2.60. The molecule has 0 spiro atoms. The van der Waals surface area contributed by atoms with Crippen molar-refractivity contribution in [1.29, 1.82) is 0 Å². The zero-order valence-electron chi connectivity index (χ0n) is 9.88. The molecule has 0 aliphatic rings. The van der Waals surface area contributed by atoms with Gasteiger partial charge in [-0.1, -0.05) is 0 Å². The molecule has 0 saturated heterocycles. The SMILES string of the molecule is Cl.Cn1cccc1CNCc1ccnn1C(F)F. The van der Waals surface area contributed by atoms with Gasteiger partial charge in [-0.15, -0.1) is 12.4 Å². The summed E-state index contributed by atoms with van der Waals surface area (Å²) < 4.78 is 27.7. The molecule has 2 rings (SSSR count). The Kier molecular flexibility index (Phi) is 5.30. The lowest BCUT2D eigenvalue weighted by molar-refractivity contribution is 0.0531. The molecule has 7 heteroatoms. The molecule has 0 radical (unpaired) electrons. The van der Waals surface area contributed by atoms with Gasteiger partial charge in [0.25, 0.3) is 0 Å². The molecule has 1 N–H and O–H groups in total. The van der Waals surface area contributed by atoms with Crippen LogP contribution in [0.3, 0.4) is 0 Å². The number of aryl methyl sites for hydroxylation is 1. The lowest BCUT2D eigenvalue weighted by Gasteiger charge is -2.08. The molecule has 0 bridgehead atoms. The minimum atomic E-state index is -2.59. The van der Waals surface area contributed by atoms with E-state index in [2.05, 4.69) is 10.4 Å². The Balaban J connectivity index is 0.00000162. The van der Waals surface area contributed by atoms with Crippen LogP contribution in [0.4, 0.5) is 8.78 Å². The summed E-state index contributed by atoms with van der Waals surface area (Å²) in [7, 11) is 1.94. The van der Waals surface area contributed by atoms with E-state index in [4.69, 9.17) is 0 Å². The van der Waals surface area contributed by atoms with Crippen LogP contribution in [0.2, 0.25) is 0 Å². The number of hydrogen-bond donors (Lipinski definition) is 1. The second kappa shape index (κ2) is 6.51. The molecule has 2 aromatic heterocycles. The van der Waals surface area contributed by atoms with Gasteiger partial charge in [0.15, 0.2) is 0 Å². The fraction of sp³-hybridized carbons (Fsp3) is 0.364. The van der Waals surface area contributed by atoms with Crippen molar-refractivity contribution in [3.05, 3.63) is 42.0 Å². The van der Waals surface area contributed by atoms with Gasteiger partial charge in [0.1, 0.15) is 0 Å². The van der Waals surface area contributed by atoms with E-state index in [1.54, 1.807) is 6.07 Å². The van der Waals surface area contributed by atoms with E-state index in [0.717, 1.165) is 10.4 Å². The Hall–Kier alpha value is -1.40. The van der Waals surface area contributed by atoms with Crippen molar-refractivity contribution in [3.63, 3.8) is 0 Å². The van der Waals surface area contributed by atoms with E-state index >= 15 is 0 Å². The van der Waals surface area contributed by atoms with E-state index in [-0.39, 0.29) is 12.4 Å². The van der Waals surface area contributed by atoms with Gasteiger partial charge in [-0.25, -0.2) is 4.68 Å². The Labute approximate surface area is 110 Å². The number of rotatable bonds is 5. The molecule has 2 heterocycles. The van der Waals surface area contributed by atoms with Gasteiger partial charge >= 0.3 is 6.55 Å². The van der Waals surface area contributed by atoms with Crippen LogP contribution in [-0.4, -0.2) is 14.3 Å². The number of alkyl halides is 2. The summed E-state index contributed by atoms with van der Waals surface area (Å²) >= 11 is 0. The molecule has 0 unspecified atom stereocenters. The van der Waals surface area contributed by atoms with E-state index in [0.29, 0.717) is 18.8 Å². The monoisotopic (exact) mass is 276 g/mol. The molecular weight excluding hydrogens is 262 g/mol. The summed E-state index contributed by atoms with van der Waals surface area (Å²) in [5, 5.41) is 6.68. The predicted molar refractivity (Wildman–Crippen MR) is 66.7 cm³/mol. The third kappa shape index (κ3) is 3.30. The maximum atomic E-state index is 12.5. The second-order valence-electron chi connectivity index (χ2n) is 3.76.